The third-order valence-electron chi connectivity index (χ3n) is 4.01. The molecule has 0 atom stereocenters. The second kappa shape index (κ2) is 7.79. The van der Waals surface area contributed by atoms with Gasteiger partial charge in [-0.05, 0) is 25.0 Å². The minimum Gasteiger partial charge on any atom is -0.383 e. The molecular formula is C16H21F3N2O2. The molecule has 1 N–H and O–H groups in total. The quantitative estimate of drug-likeness (QED) is 0.902. The highest BCUT2D eigenvalue weighted by Gasteiger charge is 2.35. The summed E-state index contributed by atoms with van der Waals surface area (Å²) in [6.45, 7) is 3.08. The summed E-state index contributed by atoms with van der Waals surface area (Å²) in [7, 11) is 1.64. The number of hydrogen-bond donors (Lipinski definition) is 1. The maximum absolute atomic E-state index is 13.0. The second-order valence-electron chi connectivity index (χ2n) is 5.63. The van der Waals surface area contributed by atoms with E-state index in [9.17, 15) is 18.0 Å². The summed E-state index contributed by atoms with van der Waals surface area (Å²) in [6, 6.07) is 4.78. The Kier molecular flexibility index (Phi) is 6.01. The van der Waals surface area contributed by atoms with E-state index in [1.807, 2.05) is 0 Å². The van der Waals surface area contributed by atoms with Crippen molar-refractivity contribution in [2.45, 2.75) is 25.1 Å². The van der Waals surface area contributed by atoms with Gasteiger partial charge in [-0.2, -0.15) is 13.2 Å². The van der Waals surface area contributed by atoms with Crippen LogP contribution < -0.4 is 5.32 Å². The third kappa shape index (κ3) is 4.94. The normalized spacial score (nSPS) is 17.2. The maximum atomic E-state index is 13.0. The number of piperidine rings is 1. The highest BCUT2D eigenvalue weighted by Crippen LogP contribution is 2.31. The largest absolute Gasteiger partial charge is 0.417 e. The summed E-state index contributed by atoms with van der Waals surface area (Å²) in [6.07, 6.45) is -3.08. The molecule has 1 fully saturated rings. The van der Waals surface area contributed by atoms with Crippen molar-refractivity contribution in [3.63, 3.8) is 0 Å². The van der Waals surface area contributed by atoms with Crippen molar-refractivity contribution < 1.29 is 22.7 Å². The van der Waals surface area contributed by atoms with E-state index < -0.39 is 17.6 Å². The molecule has 1 saturated heterocycles. The van der Waals surface area contributed by atoms with Crippen LogP contribution in [0.3, 0.4) is 0 Å². The lowest BCUT2D eigenvalue weighted by Gasteiger charge is -2.32. The summed E-state index contributed by atoms with van der Waals surface area (Å²) in [5.74, 6) is -0.659. The SMILES string of the molecule is COCCN1CCC(NC(=O)c2ccccc2C(F)(F)F)CC1. The molecule has 0 unspecified atom stereocenters. The average Bonchev–Trinajstić information content (AvgIpc) is 2.53. The Bertz CT molecular complexity index is 526. The number of likely N-dealkylation sites (tertiary alicyclic amines) is 1. The molecule has 2 rings (SSSR count). The fraction of sp³-hybridized carbons (Fsp3) is 0.562. The first-order valence-electron chi connectivity index (χ1n) is 7.60. The fourth-order valence-corrected chi connectivity index (χ4v) is 2.71. The first-order chi connectivity index (χ1) is 10.9. The number of carbonyl (C=O) groups excluding carboxylic acids is 1. The van der Waals surface area contributed by atoms with Crippen molar-refractivity contribution in [1.29, 1.82) is 0 Å². The van der Waals surface area contributed by atoms with Gasteiger partial charge in [0.2, 0.25) is 0 Å². The summed E-state index contributed by atoms with van der Waals surface area (Å²) >= 11 is 0. The van der Waals surface area contributed by atoms with E-state index in [2.05, 4.69) is 10.2 Å². The molecule has 4 nitrogen and oxygen atoms in total. The van der Waals surface area contributed by atoms with Gasteiger partial charge in [-0.15, -0.1) is 0 Å². The predicted molar refractivity (Wildman–Crippen MR) is 80.2 cm³/mol. The molecule has 128 valence electrons. The zero-order chi connectivity index (χ0) is 16.9. The molecule has 0 aromatic heterocycles. The number of nitrogens with zero attached hydrogens (tertiary/aromatic N) is 1. The average molecular weight is 330 g/mol. The number of amides is 1. The van der Waals surface area contributed by atoms with Crippen LogP contribution in [-0.4, -0.2) is 50.2 Å². The smallest absolute Gasteiger partial charge is 0.383 e. The van der Waals surface area contributed by atoms with Crippen LogP contribution >= 0.6 is 0 Å². The molecule has 1 amide bonds. The lowest BCUT2D eigenvalue weighted by Crippen LogP contribution is -2.45. The molecule has 0 radical (unpaired) electrons. The van der Waals surface area contributed by atoms with Gasteiger partial charge in [0, 0.05) is 32.8 Å². The predicted octanol–water partition coefficient (Wildman–Crippen LogP) is 2.55. The molecule has 0 bridgehead atoms. The van der Waals surface area contributed by atoms with Gasteiger partial charge in [-0.3, -0.25) is 4.79 Å². The number of benzene rings is 1. The van der Waals surface area contributed by atoms with Crippen LogP contribution in [0.15, 0.2) is 24.3 Å². The first kappa shape index (κ1) is 17.7. The van der Waals surface area contributed by atoms with Crippen LogP contribution in [-0.2, 0) is 10.9 Å². The number of alkyl halides is 3. The molecule has 1 aromatic carbocycles. The fourth-order valence-electron chi connectivity index (χ4n) is 2.71. The lowest BCUT2D eigenvalue weighted by atomic mass is 10.0. The van der Waals surface area contributed by atoms with Gasteiger partial charge in [0.1, 0.15) is 0 Å². The van der Waals surface area contributed by atoms with Gasteiger partial charge < -0.3 is 15.0 Å². The summed E-state index contributed by atoms with van der Waals surface area (Å²) < 4.78 is 43.9. The van der Waals surface area contributed by atoms with Crippen molar-refractivity contribution in [2.75, 3.05) is 33.4 Å². The van der Waals surface area contributed by atoms with Crippen molar-refractivity contribution in [3.05, 3.63) is 35.4 Å². The number of hydrogen-bond acceptors (Lipinski definition) is 3. The van der Waals surface area contributed by atoms with Crippen LogP contribution in [0.1, 0.15) is 28.8 Å². The monoisotopic (exact) mass is 330 g/mol. The van der Waals surface area contributed by atoms with E-state index in [1.54, 1.807) is 7.11 Å². The molecule has 1 aliphatic rings. The molecular weight excluding hydrogens is 309 g/mol. The standard InChI is InChI=1S/C16H21F3N2O2/c1-23-11-10-21-8-6-12(7-9-21)20-15(22)13-4-2-3-5-14(13)16(17,18)19/h2-5,12H,6-11H2,1H3,(H,20,22). The number of halogens is 3. The van der Waals surface area contributed by atoms with Gasteiger partial charge in [-0.25, -0.2) is 0 Å². The van der Waals surface area contributed by atoms with Gasteiger partial charge in [0.25, 0.3) is 5.91 Å². The molecule has 0 spiro atoms. The second-order valence-corrected chi connectivity index (χ2v) is 5.63. The lowest BCUT2D eigenvalue weighted by molar-refractivity contribution is -0.137. The minimum absolute atomic E-state index is 0.0948. The van der Waals surface area contributed by atoms with Gasteiger partial charge >= 0.3 is 6.18 Å². The highest BCUT2D eigenvalue weighted by atomic mass is 19.4. The maximum Gasteiger partial charge on any atom is 0.417 e. The number of rotatable bonds is 5. The Balaban J connectivity index is 1.94. The van der Waals surface area contributed by atoms with Gasteiger partial charge in [-0.1, -0.05) is 12.1 Å². The molecule has 23 heavy (non-hydrogen) atoms. The summed E-state index contributed by atoms with van der Waals surface area (Å²) in [5, 5.41) is 2.73. The van der Waals surface area contributed by atoms with Crippen molar-refractivity contribution in [1.82, 2.24) is 10.2 Å². The van der Waals surface area contributed by atoms with Crippen molar-refractivity contribution in [3.8, 4) is 0 Å². The van der Waals surface area contributed by atoms with Crippen molar-refractivity contribution in [2.24, 2.45) is 0 Å². The van der Waals surface area contributed by atoms with Crippen LogP contribution in [0.25, 0.3) is 0 Å². The topological polar surface area (TPSA) is 41.6 Å². The Morgan fingerprint density at radius 1 is 1.30 bits per heavy atom. The number of nitrogens with one attached hydrogen (secondary N) is 1. The Labute approximate surface area is 133 Å². The van der Waals surface area contributed by atoms with E-state index in [-0.39, 0.29) is 11.6 Å². The molecule has 1 heterocycles. The highest BCUT2D eigenvalue weighted by molar-refractivity contribution is 5.96. The zero-order valence-corrected chi connectivity index (χ0v) is 13.0. The van der Waals surface area contributed by atoms with Gasteiger partial charge in [0.05, 0.1) is 17.7 Å². The van der Waals surface area contributed by atoms with E-state index in [4.69, 9.17) is 4.74 Å². The van der Waals surface area contributed by atoms with Gasteiger partial charge in [0.15, 0.2) is 0 Å². The number of carbonyl (C=O) groups is 1. The third-order valence-corrected chi connectivity index (χ3v) is 4.01. The first-order valence-corrected chi connectivity index (χ1v) is 7.60. The number of methoxy groups -OCH3 is 1. The molecule has 7 heteroatoms. The Hall–Kier alpha value is -1.60. The van der Waals surface area contributed by atoms with E-state index in [0.717, 1.165) is 38.5 Å². The van der Waals surface area contributed by atoms with E-state index in [1.165, 1.54) is 18.2 Å². The molecule has 0 saturated carbocycles. The van der Waals surface area contributed by atoms with Crippen LogP contribution in [0.5, 0.6) is 0 Å². The summed E-state index contributed by atoms with van der Waals surface area (Å²) in [4.78, 5) is 14.4. The van der Waals surface area contributed by atoms with Crippen LogP contribution in [0, 0.1) is 0 Å². The van der Waals surface area contributed by atoms with E-state index >= 15 is 0 Å². The van der Waals surface area contributed by atoms with Crippen LogP contribution in [0.2, 0.25) is 0 Å². The number of ether oxygens (including phenoxy) is 1. The minimum atomic E-state index is -4.53. The zero-order valence-electron chi connectivity index (χ0n) is 13.0. The van der Waals surface area contributed by atoms with Crippen LogP contribution in [0.4, 0.5) is 13.2 Å². The Morgan fingerprint density at radius 2 is 1.96 bits per heavy atom. The Morgan fingerprint density at radius 3 is 2.57 bits per heavy atom. The molecule has 0 aliphatic carbocycles. The molecule has 1 aromatic rings. The van der Waals surface area contributed by atoms with E-state index in [0.29, 0.717) is 6.61 Å². The summed E-state index contributed by atoms with van der Waals surface area (Å²) in [5.41, 5.74) is -1.21. The molecule has 1 aliphatic heterocycles. The van der Waals surface area contributed by atoms with Crippen molar-refractivity contribution >= 4 is 5.91 Å².